The van der Waals surface area contributed by atoms with Gasteiger partial charge in [-0.15, -0.1) is 5.10 Å². The maximum absolute atomic E-state index is 12.6. The molecule has 7 nitrogen and oxygen atoms in total. The third kappa shape index (κ3) is 4.19. The number of carboxylic acids is 1. The van der Waals surface area contributed by atoms with Gasteiger partial charge in [0.15, 0.2) is 0 Å². The molecule has 1 heterocycles. The molecule has 138 valence electrons. The summed E-state index contributed by atoms with van der Waals surface area (Å²) in [6, 6.07) is 4.84. The maximum Gasteiger partial charge on any atom is 0.416 e. The summed E-state index contributed by atoms with van der Waals surface area (Å²) in [4.78, 5) is 22.7. The standard InChI is InChI=1S/C16H15F3N4O3/c17-16(18,19)10-3-1-9(2-4-10)12-5-13(12)15(26)20-6-11-7-23(22-21-11)8-14(24)25/h1-4,7,12-13H,5-6,8H2,(H,20,26)(H,24,25). The first-order valence-corrected chi connectivity index (χ1v) is 7.79. The van der Waals surface area contributed by atoms with Gasteiger partial charge in [0.05, 0.1) is 18.3 Å². The minimum Gasteiger partial charge on any atom is -0.480 e. The second-order valence-corrected chi connectivity index (χ2v) is 6.09. The molecule has 26 heavy (non-hydrogen) atoms. The zero-order valence-corrected chi connectivity index (χ0v) is 13.4. The van der Waals surface area contributed by atoms with E-state index in [1.165, 1.54) is 18.3 Å². The van der Waals surface area contributed by atoms with Gasteiger partial charge in [-0.05, 0) is 30.0 Å². The van der Waals surface area contributed by atoms with Crippen molar-refractivity contribution in [2.45, 2.75) is 31.6 Å². The van der Waals surface area contributed by atoms with Gasteiger partial charge in [-0.2, -0.15) is 13.2 Å². The molecule has 10 heteroatoms. The monoisotopic (exact) mass is 368 g/mol. The van der Waals surface area contributed by atoms with Crippen molar-refractivity contribution in [3.8, 4) is 0 Å². The number of hydrogen-bond donors (Lipinski definition) is 2. The number of aliphatic carboxylic acids is 1. The van der Waals surface area contributed by atoms with E-state index in [9.17, 15) is 22.8 Å². The number of carbonyl (C=O) groups is 2. The number of carboxylic acid groups (broad SMARTS) is 1. The molecule has 0 aliphatic heterocycles. The second kappa shape index (κ2) is 6.77. The van der Waals surface area contributed by atoms with Gasteiger partial charge >= 0.3 is 12.1 Å². The molecule has 1 aliphatic carbocycles. The van der Waals surface area contributed by atoms with Crippen LogP contribution < -0.4 is 5.32 Å². The molecule has 0 bridgehead atoms. The Bertz CT molecular complexity index is 817. The second-order valence-electron chi connectivity index (χ2n) is 6.09. The SMILES string of the molecule is O=C(O)Cn1cc(CNC(=O)C2CC2c2ccc(C(F)(F)F)cc2)nn1. The summed E-state index contributed by atoms with van der Waals surface area (Å²) in [6.45, 7) is -0.214. The van der Waals surface area contributed by atoms with Crippen LogP contribution in [0.15, 0.2) is 30.5 Å². The Balaban J connectivity index is 1.51. The summed E-state index contributed by atoms with van der Waals surface area (Å²) >= 11 is 0. The van der Waals surface area contributed by atoms with E-state index in [-0.39, 0.29) is 30.8 Å². The average molecular weight is 368 g/mol. The summed E-state index contributed by atoms with van der Waals surface area (Å²) < 4.78 is 38.8. The molecule has 3 rings (SSSR count). The van der Waals surface area contributed by atoms with E-state index in [4.69, 9.17) is 5.11 Å². The Morgan fingerprint density at radius 1 is 1.27 bits per heavy atom. The van der Waals surface area contributed by atoms with Crippen molar-refractivity contribution in [3.63, 3.8) is 0 Å². The number of rotatable bonds is 6. The first kappa shape index (κ1) is 17.9. The van der Waals surface area contributed by atoms with Crippen LogP contribution in [0.2, 0.25) is 0 Å². The van der Waals surface area contributed by atoms with Crippen molar-refractivity contribution < 1.29 is 27.9 Å². The molecule has 1 aromatic carbocycles. The average Bonchev–Trinajstić information content (AvgIpc) is 3.25. The van der Waals surface area contributed by atoms with Crippen LogP contribution in [-0.2, 0) is 28.9 Å². The summed E-state index contributed by atoms with van der Waals surface area (Å²) in [6.07, 6.45) is -2.38. The number of hydrogen-bond acceptors (Lipinski definition) is 4. The smallest absolute Gasteiger partial charge is 0.416 e. The first-order valence-electron chi connectivity index (χ1n) is 7.79. The van der Waals surface area contributed by atoms with Crippen LogP contribution in [0.25, 0.3) is 0 Å². The Kier molecular flexibility index (Phi) is 4.66. The van der Waals surface area contributed by atoms with E-state index < -0.39 is 17.7 Å². The molecule has 0 spiro atoms. The molecule has 0 saturated heterocycles. The van der Waals surface area contributed by atoms with Crippen molar-refractivity contribution in [3.05, 3.63) is 47.3 Å². The molecule has 2 atom stereocenters. The molecule has 1 fully saturated rings. The van der Waals surface area contributed by atoms with Crippen LogP contribution in [0.5, 0.6) is 0 Å². The highest BCUT2D eigenvalue weighted by Crippen LogP contribution is 2.48. The molecule has 0 radical (unpaired) electrons. The van der Waals surface area contributed by atoms with E-state index >= 15 is 0 Å². The summed E-state index contributed by atoms with van der Waals surface area (Å²) in [7, 11) is 0. The molecule has 1 amide bonds. The fraction of sp³-hybridized carbons (Fsp3) is 0.375. The predicted molar refractivity (Wildman–Crippen MR) is 81.8 cm³/mol. The van der Waals surface area contributed by atoms with Gasteiger partial charge in [0.25, 0.3) is 0 Å². The van der Waals surface area contributed by atoms with E-state index in [1.54, 1.807) is 0 Å². The van der Waals surface area contributed by atoms with Crippen LogP contribution in [0.4, 0.5) is 13.2 Å². The van der Waals surface area contributed by atoms with Crippen LogP contribution >= 0.6 is 0 Å². The van der Waals surface area contributed by atoms with Crippen molar-refractivity contribution >= 4 is 11.9 Å². The van der Waals surface area contributed by atoms with E-state index in [2.05, 4.69) is 15.6 Å². The summed E-state index contributed by atoms with van der Waals surface area (Å²) in [5.41, 5.74) is 0.407. The molecule has 1 aliphatic rings. The van der Waals surface area contributed by atoms with Gasteiger partial charge in [-0.3, -0.25) is 9.59 Å². The normalized spacial score (nSPS) is 19.2. The molecule has 1 saturated carbocycles. The van der Waals surface area contributed by atoms with Gasteiger partial charge in [-0.1, -0.05) is 17.3 Å². The first-order chi connectivity index (χ1) is 12.2. The minimum absolute atomic E-state index is 0.0972. The minimum atomic E-state index is -4.38. The topological polar surface area (TPSA) is 97.1 Å². The van der Waals surface area contributed by atoms with Gasteiger partial charge in [0.2, 0.25) is 5.91 Å². The van der Waals surface area contributed by atoms with Gasteiger partial charge in [0.1, 0.15) is 12.2 Å². The lowest BCUT2D eigenvalue weighted by atomic mass is 10.1. The quantitative estimate of drug-likeness (QED) is 0.810. The number of carbonyl (C=O) groups excluding carboxylic acids is 1. The lowest BCUT2D eigenvalue weighted by Crippen LogP contribution is -2.25. The zero-order chi connectivity index (χ0) is 18.9. The fourth-order valence-electron chi connectivity index (χ4n) is 2.72. The molecule has 2 unspecified atom stereocenters. The number of aromatic nitrogens is 3. The predicted octanol–water partition coefficient (Wildman–Crippen LogP) is 1.80. The highest BCUT2D eigenvalue weighted by atomic mass is 19.4. The molecule has 2 N–H and O–H groups in total. The number of alkyl halides is 3. The van der Waals surface area contributed by atoms with Crippen molar-refractivity contribution in [2.75, 3.05) is 0 Å². The van der Waals surface area contributed by atoms with Crippen LogP contribution in [0.1, 0.15) is 29.2 Å². The Labute approximate surface area is 145 Å². The van der Waals surface area contributed by atoms with Crippen molar-refractivity contribution in [1.82, 2.24) is 20.3 Å². The number of benzene rings is 1. The maximum atomic E-state index is 12.6. The van der Waals surface area contributed by atoms with E-state index in [0.717, 1.165) is 16.8 Å². The van der Waals surface area contributed by atoms with Gasteiger partial charge in [0, 0.05) is 5.92 Å². The largest absolute Gasteiger partial charge is 0.480 e. The van der Waals surface area contributed by atoms with Crippen molar-refractivity contribution in [2.24, 2.45) is 5.92 Å². The summed E-state index contributed by atoms with van der Waals surface area (Å²) in [5.74, 6) is -1.66. The molecular formula is C16H15F3N4O3. The number of nitrogens with zero attached hydrogens (tertiary/aromatic N) is 3. The summed E-state index contributed by atoms with van der Waals surface area (Å²) in [5, 5.41) is 18.7. The number of amides is 1. The van der Waals surface area contributed by atoms with Crippen LogP contribution in [0.3, 0.4) is 0 Å². The third-order valence-corrected chi connectivity index (χ3v) is 4.12. The Morgan fingerprint density at radius 2 is 1.96 bits per heavy atom. The number of halogens is 3. The zero-order valence-electron chi connectivity index (χ0n) is 13.4. The Morgan fingerprint density at radius 3 is 2.58 bits per heavy atom. The Hall–Kier alpha value is -2.91. The molecule has 2 aromatic rings. The fourth-order valence-corrected chi connectivity index (χ4v) is 2.72. The molecule has 1 aromatic heterocycles. The lowest BCUT2D eigenvalue weighted by molar-refractivity contribution is -0.138. The highest BCUT2D eigenvalue weighted by molar-refractivity contribution is 5.82. The highest BCUT2D eigenvalue weighted by Gasteiger charge is 2.44. The van der Waals surface area contributed by atoms with Gasteiger partial charge < -0.3 is 10.4 Å². The van der Waals surface area contributed by atoms with E-state index in [1.807, 2.05) is 0 Å². The third-order valence-electron chi connectivity index (χ3n) is 4.12. The van der Waals surface area contributed by atoms with Crippen LogP contribution in [0, 0.1) is 5.92 Å². The van der Waals surface area contributed by atoms with Crippen LogP contribution in [-0.4, -0.2) is 32.0 Å². The molecular weight excluding hydrogens is 353 g/mol. The lowest BCUT2D eigenvalue weighted by Gasteiger charge is -2.07. The number of nitrogens with one attached hydrogen (secondary N) is 1. The van der Waals surface area contributed by atoms with Gasteiger partial charge in [-0.25, -0.2) is 4.68 Å². The van der Waals surface area contributed by atoms with E-state index in [0.29, 0.717) is 17.7 Å². The van der Waals surface area contributed by atoms with Crippen molar-refractivity contribution in [1.29, 1.82) is 0 Å².